The number of hydrogen-bond acceptors (Lipinski definition) is 4. The van der Waals surface area contributed by atoms with Crippen molar-refractivity contribution in [1.29, 1.82) is 0 Å². The van der Waals surface area contributed by atoms with Gasteiger partial charge in [-0.3, -0.25) is 4.90 Å². The third-order valence-electron chi connectivity index (χ3n) is 5.73. The van der Waals surface area contributed by atoms with Crippen LogP contribution in [0.2, 0.25) is 5.02 Å². The Kier molecular flexibility index (Phi) is 7.33. The summed E-state index contributed by atoms with van der Waals surface area (Å²) < 4.78 is 6.04. The van der Waals surface area contributed by atoms with Crippen molar-refractivity contribution in [2.24, 2.45) is 0 Å². The number of hydrogen-bond donors (Lipinski definition) is 1. The molecule has 0 aromatic heterocycles. The minimum Gasteiger partial charge on any atom is -0.491 e. The Morgan fingerprint density at radius 2 is 1.73 bits per heavy atom. The molecule has 3 rings (SSSR count). The maximum Gasteiger partial charge on any atom is 0.123 e. The van der Waals surface area contributed by atoms with E-state index in [0.717, 1.165) is 37.0 Å². The van der Waals surface area contributed by atoms with Crippen LogP contribution in [0.4, 0.5) is 5.69 Å². The summed E-state index contributed by atoms with van der Waals surface area (Å²) in [6, 6.07) is 12.3. The summed E-state index contributed by atoms with van der Waals surface area (Å²) in [6.45, 7) is 15.4. The Morgan fingerprint density at radius 1 is 1.03 bits per heavy atom. The van der Waals surface area contributed by atoms with Gasteiger partial charge >= 0.3 is 0 Å². The second kappa shape index (κ2) is 9.59. The number of halogens is 1. The van der Waals surface area contributed by atoms with Crippen molar-refractivity contribution >= 4 is 17.3 Å². The fraction of sp³-hybridized carbons (Fsp3) is 0.520. The first kappa shape index (κ1) is 22.9. The molecule has 0 bridgehead atoms. The number of benzene rings is 2. The van der Waals surface area contributed by atoms with Crippen molar-refractivity contribution in [3.05, 3.63) is 58.1 Å². The minimum atomic E-state index is -0.515. The van der Waals surface area contributed by atoms with E-state index in [9.17, 15) is 5.11 Å². The smallest absolute Gasteiger partial charge is 0.123 e. The van der Waals surface area contributed by atoms with Gasteiger partial charge in [-0.25, -0.2) is 0 Å². The van der Waals surface area contributed by atoms with Crippen LogP contribution in [-0.4, -0.2) is 55.4 Å². The fourth-order valence-electron chi connectivity index (χ4n) is 3.99. The Morgan fingerprint density at radius 3 is 2.40 bits per heavy atom. The highest BCUT2D eigenvalue weighted by molar-refractivity contribution is 6.30. The Hall–Kier alpha value is -1.75. The third kappa shape index (κ3) is 5.90. The van der Waals surface area contributed by atoms with Gasteiger partial charge in [0.2, 0.25) is 0 Å². The van der Waals surface area contributed by atoms with Gasteiger partial charge < -0.3 is 14.7 Å². The molecule has 0 amide bonds. The molecule has 0 spiro atoms. The number of aliphatic hydroxyl groups is 1. The largest absolute Gasteiger partial charge is 0.491 e. The van der Waals surface area contributed by atoms with Crippen LogP contribution >= 0.6 is 11.6 Å². The van der Waals surface area contributed by atoms with Crippen LogP contribution in [-0.2, 0) is 5.41 Å². The van der Waals surface area contributed by atoms with Crippen molar-refractivity contribution in [3.8, 4) is 5.75 Å². The highest BCUT2D eigenvalue weighted by Gasteiger charge is 2.22. The first-order valence-electron chi connectivity index (χ1n) is 10.8. The van der Waals surface area contributed by atoms with E-state index in [2.05, 4.69) is 62.6 Å². The first-order valence-corrected chi connectivity index (χ1v) is 11.2. The van der Waals surface area contributed by atoms with Crippen LogP contribution in [0.5, 0.6) is 5.75 Å². The standard InChI is InChI=1S/C25H35ClN2O2/c1-18-6-9-24(22(14-18)25(3,4)5)30-17-21(29)16-27-10-12-28(13-11-27)23-15-20(26)8-7-19(23)2/h6-9,14-15,21,29H,10-13,16-17H2,1-5H3/t21-/m0/s1. The predicted molar refractivity (Wildman–Crippen MR) is 126 cm³/mol. The topological polar surface area (TPSA) is 35.9 Å². The maximum absolute atomic E-state index is 10.6. The van der Waals surface area contributed by atoms with E-state index < -0.39 is 6.10 Å². The second-order valence-corrected chi connectivity index (χ2v) is 9.87. The van der Waals surface area contributed by atoms with Crippen LogP contribution in [0.1, 0.15) is 37.5 Å². The average Bonchev–Trinajstić information content (AvgIpc) is 2.69. The van der Waals surface area contributed by atoms with Crippen LogP contribution in [0, 0.1) is 13.8 Å². The molecule has 1 atom stereocenters. The molecule has 2 aromatic rings. The number of aliphatic hydroxyl groups excluding tert-OH is 1. The van der Waals surface area contributed by atoms with Gasteiger partial charge in [-0.2, -0.15) is 0 Å². The van der Waals surface area contributed by atoms with Gasteiger partial charge in [-0.15, -0.1) is 0 Å². The summed E-state index contributed by atoms with van der Waals surface area (Å²) >= 11 is 6.18. The molecule has 4 nitrogen and oxygen atoms in total. The molecule has 0 unspecified atom stereocenters. The van der Waals surface area contributed by atoms with Gasteiger partial charge in [-0.1, -0.05) is 56.1 Å². The van der Waals surface area contributed by atoms with E-state index in [-0.39, 0.29) is 5.41 Å². The summed E-state index contributed by atoms with van der Waals surface area (Å²) in [5.41, 5.74) is 4.86. The van der Waals surface area contributed by atoms with Crippen molar-refractivity contribution in [2.45, 2.75) is 46.1 Å². The lowest BCUT2D eigenvalue weighted by molar-refractivity contribution is 0.0656. The summed E-state index contributed by atoms with van der Waals surface area (Å²) in [4.78, 5) is 4.69. The molecule has 1 fully saturated rings. The number of piperazine rings is 1. The van der Waals surface area contributed by atoms with E-state index in [0.29, 0.717) is 13.2 Å². The summed E-state index contributed by atoms with van der Waals surface area (Å²) in [5.74, 6) is 0.869. The minimum absolute atomic E-state index is 0.00109. The molecule has 30 heavy (non-hydrogen) atoms. The normalized spacial score (nSPS) is 16.6. The lowest BCUT2D eigenvalue weighted by Crippen LogP contribution is -2.49. The van der Waals surface area contributed by atoms with Crippen LogP contribution in [0.3, 0.4) is 0 Å². The Bertz CT molecular complexity index is 855. The first-order chi connectivity index (χ1) is 14.1. The molecular weight excluding hydrogens is 396 g/mol. The number of anilines is 1. The molecule has 2 aromatic carbocycles. The van der Waals surface area contributed by atoms with Crippen LogP contribution in [0.15, 0.2) is 36.4 Å². The van der Waals surface area contributed by atoms with Crippen molar-refractivity contribution < 1.29 is 9.84 Å². The van der Waals surface area contributed by atoms with Gasteiger partial charge in [0.05, 0.1) is 0 Å². The van der Waals surface area contributed by atoms with E-state index in [4.69, 9.17) is 16.3 Å². The molecule has 1 aliphatic rings. The molecule has 0 aliphatic carbocycles. The third-order valence-corrected chi connectivity index (χ3v) is 5.96. The SMILES string of the molecule is Cc1ccc(OC[C@@H](O)CN2CCN(c3cc(Cl)ccc3C)CC2)c(C(C)(C)C)c1. The van der Waals surface area contributed by atoms with Crippen molar-refractivity contribution in [3.63, 3.8) is 0 Å². The molecule has 5 heteroatoms. The number of nitrogens with zero attached hydrogens (tertiary/aromatic N) is 2. The molecule has 0 saturated carbocycles. The fourth-order valence-corrected chi connectivity index (χ4v) is 4.15. The lowest BCUT2D eigenvalue weighted by atomic mass is 9.85. The van der Waals surface area contributed by atoms with E-state index in [1.165, 1.54) is 22.4 Å². The van der Waals surface area contributed by atoms with Gasteiger partial charge in [-0.05, 0) is 48.6 Å². The van der Waals surface area contributed by atoms with Crippen molar-refractivity contribution in [2.75, 3.05) is 44.2 Å². The van der Waals surface area contributed by atoms with Crippen LogP contribution in [0.25, 0.3) is 0 Å². The average molecular weight is 431 g/mol. The van der Waals surface area contributed by atoms with Gasteiger partial charge in [0, 0.05) is 43.4 Å². The van der Waals surface area contributed by atoms with Crippen molar-refractivity contribution in [1.82, 2.24) is 4.90 Å². The Balaban J connectivity index is 1.51. The lowest BCUT2D eigenvalue weighted by Gasteiger charge is -2.37. The molecular formula is C25H35ClN2O2. The van der Waals surface area contributed by atoms with E-state index in [1.54, 1.807) is 0 Å². The summed E-state index contributed by atoms with van der Waals surface area (Å²) in [7, 11) is 0. The van der Waals surface area contributed by atoms with Gasteiger partial charge in [0.1, 0.15) is 18.5 Å². The molecule has 0 radical (unpaired) electrons. The quantitative estimate of drug-likeness (QED) is 0.712. The zero-order valence-corrected chi connectivity index (χ0v) is 19.7. The zero-order valence-electron chi connectivity index (χ0n) is 18.9. The van der Waals surface area contributed by atoms with Crippen LogP contribution < -0.4 is 9.64 Å². The molecule has 1 N–H and O–H groups in total. The monoisotopic (exact) mass is 430 g/mol. The van der Waals surface area contributed by atoms with Gasteiger partial charge in [0.15, 0.2) is 0 Å². The zero-order chi connectivity index (χ0) is 21.9. The Labute approximate surface area is 186 Å². The second-order valence-electron chi connectivity index (χ2n) is 9.43. The number of aryl methyl sites for hydroxylation is 2. The number of β-amino-alcohol motifs (C(OH)–C–C–N with tert-alkyl or cyclic N) is 1. The molecule has 164 valence electrons. The summed E-state index contributed by atoms with van der Waals surface area (Å²) in [5, 5.41) is 11.4. The number of ether oxygens (including phenoxy) is 1. The van der Waals surface area contributed by atoms with E-state index in [1.807, 2.05) is 18.2 Å². The molecule has 1 heterocycles. The molecule has 1 aliphatic heterocycles. The highest BCUT2D eigenvalue weighted by Crippen LogP contribution is 2.32. The maximum atomic E-state index is 10.6. The van der Waals surface area contributed by atoms with E-state index >= 15 is 0 Å². The molecule has 1 saturated heterocycles. The highest BCUT2D eigenvalue weighted by atomic mass is 35.5. The van der Waals surface area contributed by atoms with Gasteiger partial charge in [0.25, 0.3) is 0 Å². The summed E-state index contributed by atoms with van der Waals surface area (Å²) in [6.07, 6.45) is -0.515. The number of rotatable bonds is 6. The predicted octanol–water partition coefficient (Wildman–Crippen LogP) is 4.82.